The van der Waals surface area contributed by atoms with Gasteiger partial charge in [-0.25, -0.2) is 4.98 Å². The van der Waals surface area contributed by atoms with Gasteiger partial charge in [0.2, 0.25) is 5.82 Å². The molecule has 3 heterocycles. The molecule has 1 aliphatic heterocycles. The van der Waals surface area contributed by atoms with Gasteiger partial charge in [0.05, 0.1) is 24.8 Å². The fraction of sp³-hybridized carbons (Fsp3) is 0.231. The number of hydrogen-bond acceptors (Lipinski definition) is 5. The van der Waals surface area contributed by atoms with E-state index in [4.69, 9.17) is 4.74 Å². The lowest BCUT2D eigenvalue weighted by atomic mass is 10.0. The number of imidazole rings is 1. The first-order chi connectivity index (χ1) is 9.92. The molecule has 1 aliphatic rings. The SMILES string of the molecule is c1cc(C2OCCn3cncc32)ccc1-c1nn[nH]n1. The Hall–Kier alpha value is -2.54. The Bertz CT molecular complexity index is 703. The number of fused-ring (bicyclic) bond motifs is 1. The summed E-state index contributed by atoms with van der Waals surface area (Å²) in [6, 6.07) is 8.00. The molecule has 0 aliphatic carbocycles. The third kappa shape index (κ3) is 1.79. The molecule has 0 bridgehead atoms. The molecule has 4 rings (SSSR count). The van der Waals surface area contributed by atoms with Crippen LogP contribution in [0.25, 0.3) is 11.4 Å². The van der Waals surface area contributed by atoms with Gasteiger partial charge in [0, 0.05) is 12.1 Å². The van der Waals surface area contributed by atoms with E-state index in [0.717, 1.165) is 23.4 Å². The zero-order chi connectivity index (χ0) is 13.4. The highest BCUT2D eigenvalue weighted by Gasteiger charge is 2.22. The first-order valence-corrected chi connectivity index (χ1v) is 6.37. The molecule has 7 nitrogen and oxygen atoms in total. The summed E-state index contributed by atoms with van der Waals surface area (Å²) in [7, 11) is 0. The Morgan fingerprint density at radius 2 is 2.15 bits per heavy atom. The van der Waals surface area contributed by atoms with Crippen molar-refractivity contribution >= 4 is 0 Å². The van der Waals surface area contributed by atoms with Crippen LogP contribution in [0.1, 0.15) is 17.4 Å². The van der Waals surface area contributed by atoms with Crippen molar-refractivity contribution in [3.05, 3.63) is 48.0 Å². The van der Waals surface area contributed by atoms with E-state index in [-0.39, 0.29) is 6.10 Å². The van der Waals surface area contributed by atoms with Crippen LogP contribution in [-0.4, -0.2) is 36.8 Å². The molecule has 0 saturated carbocycles. The van der Waals surface area contributed by atoms with Crippen molar-refractivity contribution in [1.29, 1.82) is 0 Å². The summed E-state index contributed by atoms with van der Waals surface area (Å²) < 4.78 is 8.00. The number of ether oxygens (including phenoxy) is 1. The number of benzene rings is 1. The predicted octanol–water partition coefficient (Wildman–Crippen LogP) is 1.18. The smallest absolute Gasteiger partial charge is 0.204 e. The van der Waals surface area contributed by atoms with Gasteiger partial charge in [-0.05, 0) is 10.8 Å². The molecule has 2 aromatic heterocycles. The van der Waals surface area contributed by atoms with Gasteiger partial charge in [0.1, 0.15) is 6.10 Å². The van der Waals surface area contributed by atoms with Gasteiger partial charge in [-0.1, -0.05) is 24.3 Å². The second-order valence-corrected chi connectivity index (χ2v) is 4.62. The molecule has 0 radical (unpaired) electrons. The first kappa shape index (κ1) is 11.3. The molecular formula is C13H12N6O. The maximum atomic E-state index is 5.87. The van der Waals surface area contributed by atoms with Crippen LogP contribution in [-0.2, 0) is 11.3 Å². The van der Waals surface area contributed by atoms with Crippen molar-refractivity contribution in [2.24, 2.45) is 0 Å². The van der Waals surface area contributed by atoms with Crippen LogP contribution in [0.4, 0.5) is 0 Å². The van der Waals surface area contributed by atoms with E-state index in [1.807, 2.05) is 36.8 Å². The summed E-state index contributed by atoms with van der Waals surface area (Å²) in [5.74, 6) is 0.589. The Morgan fingerprint density at radius 3 is 2.95 bits per heavy atom. The molecule has 1 aromatic carbocycles. The Balaban J connectivity index is 1.68. The Kier molecular flexibility index (Phi) is 2.56. The van der Waals surface area contributed by atoms with E-state index < -0.39 is 0 Å². The number of nitrogens with zero attached hydrogens (tertiary/aromatic N) is 5. The largest absolute Gasteiger partial charge is 0.365 e. The van der Waals surface area contributed by atoms with Crippen LogP contribution >= 0.6 is 0 Å². The molecule has 20 heavy (non-hydrogen) atoms. The fourth-order valence-corrected chi connectivity index (χ4v) is 2.45. The van der Waals surface area contributed by atoms with Crippen molar-refractivity contribution in [3.63, 3.8) is 0 Å². The summed E-state index contributed by atoms with van der Waals surface area (Å²) in [6.07, 6.45) is 3.64. The highest BCUT2D eigenvalue weighted by Crippen LogP contribution is 2.29. The molecule has 7 heteroatoms. The normalized spacial score (nSPS) is 17.9. The molecule has 0 amide bonds. The van der Waals surface area contributed by atoms with Crippen LogP contribution in [0.2, 0.25) is 0 Å². The molecular weight excluding hydrogens is 256 g/mol. The second-order valence-electron chi connectivity index (χ2n) is 4.62. The molecule has 100 valence electrons. The molecule has 1 N–H and O–H groups in total. The van der Waals surface area contributed by atoms with E-state index >= 15 is 0 Å². The number of rotatable bonds is 2. The minimum atomic E-state index is -0.0643. The number of aromatic amines is 1. The van der Waals surface area contributed by atoms with E-state index in [2.05, 4.69) is 30.2 Å². The van der Waals surface area contributed by atoms with Crippen molar-refractivity contribution in [2.75, 3.05) is 6.61 Å². The first-order valence-electron chi connectivity index (χ1n) is 6.37. The van der Waals surface area contributed by atoms with E-state index in [9.17, 15) is 0 Å². The van der Waals surface area contributed by atoms with E-state index in [1.54, 1.807) is 0 Å². The third-order valence-corrected chi connectivity index (χ3v) is 3.45. The zero-order valence-electron chi connectivity index (χ0n) is 10.6. The minimum absolute atomic E-state index is 0.0643. The summed E-state index contributed by atoms with van der Waals surface area (Å²) in [5, 5.41) is 13.9. The zero-order valence-corrected chi connectivity index (χ0v) is 10.6. The summed E-state index contributed by atoms with van der Waals surface area (Å²) in [6.45, 7) is 1.55. The summed E-state index contributed by atoms with van der Waals surface area (Å²) in [4.78, 5) is 4.19. The lowest BCUT2D eigenvalue weighted by Gasteiger charge is -2.25. The van der Waals surface area contributed by atoms with E-state index in [0.29, 0.717) is 12.4 Å². The standard InChI is InChI=1S/C13H12N6O/c1-3-10(13-15-17-18-16-13)4-2-9(1)12-11-7-14-8-19(11)5-6-20-12/h1-4,7-8,12H,5-6H2,(H,15,16,17,18). The van der Waals surface area contributed by atoms with Crippen LogP contribution in [0.15, 0.2) is 36.8 Å². The van der Waals surface area contributed by atoms with Crippen molar-refractivity contribution < 1.29 is 4.74 Å². The second kappa shape index (κ2) is 4.53. The average molecular weight is 268 g/mol. The predicted molar refractivity (Wildman–Crippen MR) is 69.6 cm³/mol. The van der Waals surface area contributed by atoms with Crippen molar-refractivity contribution in [3.8, 4) is 11.4 Å². The van der Waals surface area contributed by atoms with Crippen molar-refractivity contribution in [2.45, 2.75) is 12.6 Å². The highest BCUT2D eigenvalue weighted by molar-refractivity contribution is 5.54. The van der Waals surface area contributed by atoms with Gasteiger partial charge in [-0.2, -0.15) is 5.21 Å². The maximum absolute atomic E-state index is 5.87. The van der Waals surface area contributed by atoms with Gasteiger partial charge >= 0.3 is 0 Å². The molecule has 0 spiro atoms. The lowest BCUT2D eigenvalue weighted by Crippen LogP contribution is -2.21. The van der Waals surface area contributed by atoms with Gasteiger partial charge < -0.3 is 9.30 Å². The van der Waals surface area contributed by atoms with Gasteiger partial charge in [0.25, 0.3) is 0 Å². The molecule has 0 fully saturated rings. The minimum Gasteiger partial charge on any atom is -0.365 e. The van der Waals surface area contributed by atoms with Crippen molar-refractivity contribution in [1.82, 2.24) is 30.2 Å². The molecule has 1 atom stereocenters. The Labute approximate surface area is 114 Å². The number of nitrogens with one attached hydrogen (secondary N) is 1. The lowest BCUT2D eigenvalue weighted by molar-refractivity contribution is 0.0465. The molecule has 0 saturated heterocycles. The third-order valence-electron chi connectivity index (χ3n) is 3.45. The van der Waals surface area contributed by atoms with Crippen LogP contribution in [0.5, 0.6) is 0 Å². The van der Waals surface area contributed by atoms with Crippen LogP contribution < -0.4 is 0 Å². The van der Waals surface area contributed by atoms with Gasteiger partial charge in [0.15, 0.2) is 0 Å². The van der Waals surface area contributed by atoms with E-state index in [1.165, 1.54) is 0 Å². The number of hydrogen-bond donors (Lipinski definition) is 1. The monoisotopic (exact) mass is 268 g/mol. The van der Waals surface area contributed by atoms with Gasteiger partial charge in [-0.3, -0.25) is 0 Å². The molecule has 1 unspecified atom stereocenters. The number of H-pyrrole nitrogens is 1. The topological polar surface area (TPSA) is 81.5 Å². The van der Waals surface area contributed by atoms with Crippen LogP contribution in [0, 0.1) is 0 Å². The quantitative estimate of drug-likeness (QED) is 0.754. The average Bonchev–Trinajstić information content (AvgIpc) is 3.18. The highest BCUT2D eigenvalue weighted by atomic mass is 16.5. The summed E-state index contributed by atoms with van der Waals surface area (Å²) in [5.41, 5.74) is 3.11. The fourth-order valence-electron chi connectivity index (χ4n) is 2.45. The number of tetrazole rings is 1. The Morgan fingerprint density at radius 1 is 1.25 bits per heavy atom. The maximum Gasteiger partial charge on any atom is 0.204 e. The summed E-state index contributed by atoms with van der Waals surface area (Å²) >= 11 is 0. The number of aromatic nitrogens is 6. The molecule has 3 aromatic rings. The van der Waals surface area contributed by atoms with Crippen LogP contribution in [0.3, 0.4) is 0 Å². The van der Waals surface area contributed by atoms with Gasteiger partial charge in [-0.15, -0.1) is 10.2 Å².